The SMILES string of the molecule is N[C@@H](CC(=O)OC(=O)C(=O)OC(=O)C[C@H](N)C(=O)[O-])C(=O)[O-].[Na+].[Na+]. The number of hydrogen-bond donors (Lipinski definition) is 2. The molecule has 2 atom stereocenters. The number of aliphatic carboxylic acids is 2. The Kier molecular flexibility index (Phi) is 15.7. The molecule has 0 spiro atoms. The van der Waals surface area contributed by atoms with E-state index in [4.69, 9.17) is 11.5 Å². The van der Waals surface area contributed by atoms with E-state index in [0.29, 0.717) is 0 Å². The third-order valence-electron chi connectivity index (χ3n) is 1.96. The second kappa shape index (κ2) is 13.4. The Balaban J connectivity index is -0.00000220. The number of rotatable bonds is 6. The maximum absolute atomic E-state index is 11.0. The van der Waals surface area contributed by atoms with Gasteiger partial charge < -0.3 is 40.7 Å². The van der Waals surface area contributed by atoms with Gasteiger partial charge in [-0.2, -0.15) is 0 Å². The van der Waals surface area contributed by atoms with Gasteiger partial charge in [-0.25, -0.2) is 9.59 Å². The molecule has 0 unspecified atom stereocenters. The first kappa shape index (κ1) is 28.0. The number of hydrogen-bond acceptors (Lipinski definition) is 12. The average Bonchev–Trinajstić information content (AvgIpc) is 2.37. The maximum atomic E-state index is 11.0. The van der Waals surface area contributed by atoms with Crippen molar-refractivity contribution in [3.63, 3.8) is 0 Å². The molecule has 0 bridgehead atoms. The van der Waals surface area contributed by atoms with E-state index in [1.807, 2.05) is 0 Å². The molecule has 0 aromatic heterocycles. The zero-order chi connectivity index (χ0) is 17.4. The Morgan fingerprint density at radius 2 is 0.958 bits per heavy atom. The molecule has 0 fully saturated rings. The van der Waals surface area contributed by atoms with Gasteiger partial charge in [-0.05, 0) is 0 Å². The molecule has 0 saturated heterocycles. The van der Waals surface area contributed by atoms with Crippen LogP contribution in [0.3, 0.4) is 0 Å². The van der Waals surface area contributed by atoms with Gasteiger partial charge in [-0.3, -0.25) is 9.59 Å². The number of esters is 4. The van der Waals surface area contributed by atoms with E-state index in [2.05, 4.69) is 9.47 Å². The molecule has 122 valence electrons. The van der Waals surface area contributed by atoms with Crippen molar-refractivity contribution in [3.8, 4) is 0 Å². The minimum atomic E-state index is -1.93. The van der Waals surface area contributed by atoms with Gasteiger partial charge >= 0.3 is 83.0 Å². The van der Waals surface area contributed by atoms with Crippen molar-refractivity contribution in [2.75, 3.05) is 0 Å². The fourth-order valence-corrected chi connectivity index (χ4v) is 0.899. The van der Waals surface area contributed by atoms with E-state index < -0.39 is 60.7 Å². The van der Waals surface area contributed by atoms with Crippen LogP contribution < -0.4 is 80.8 Å². The summed E-state index contributed by atoms with van der Waals surface area (Å²) in [5.74, 6) is -10.4. The number of carbonyl (C=O) groups is 6. The van der Waals surface area contributed by atoms with Gasteiger partial charge in [0.1, 0.15) is 0 Å². The van der Waals surface area contributed by atoms with Crippen LogP contribution >= 0.6 is 0 Å². The van der Waals surface area contributed by atoms with Crippen LogP contribution in [0.15, 0.2) is 0 Å². The monoisotopic (exact) mass is 364 g/mol. The molecule has 14 heteroatoms. The summed E-state index contributed by atoms with van der Waals surface area (Å²) in [4.78, 5) is 64.5. The third kappa shape index (κ3) is 11.6. The van der Waals surface area contributed by atoms with Crippen LogP contribution in [0.4, 0.5) is 0 Å². The number of nitrogens with two attached hydrogens (primary N) is 2. The van der Waals surface area contributed by atoms with Crippen molar-refractivity contribution in [1.29, 1.82) is 0 Å². The van der Waals surface area contributed by atoms with Gasteiger partial charge in [-0.1, -0.05) is 0 Å². The predicted octanol–water partition coefficient (Wildman–Crippen LogP) is -11.9. The Morgan fingerprint density at radius 3 is 1.17 bits per heavy atom. The Morgan fingerprint density at radius 1 is 0.708 bits per heavy atom. The number of ether oxygens (including phenoxy) is 2. The fraction of sp³-hybridized carbons (Fsp3) is 0.400. The van der Waals surface area contributed by atoms with Gasteiger partial charge in [0.05, 0.1) is 36.9 Å². The summed E-state index contributed by atoms with van der Waals surface area (Å²) in [5, 5.41) is 20.5. The van der Waals surface area contributed by atoms with Gasteiger partial charge in [0.15, 0.2) is 0 Å². The zero-order valence-electron chi connectivity index (χ0n) is 12.8. The van der Waals surface area contributed by atoms with Crippen LogP contribution in [0.5, 0.6) is 0 Å². The number of carboxylic acid groups (broad SMARTS) is 2. The Bertz CT molecular complexity index is 478. The summed E-state index contributed by atoms with van der Waals surface area (Å²) in [6, 6.07) is -3.53. The van der Waals surface area contributed by atoms with Gasteiger partial charge in [0, 0.05) is 0 Å². The van der Waals surface area contributed by atoms with Gasteiger partial charge in [0.25, 0.3) is 0 Å². The summed E-state index contributed by atoms with van der Waals surface area (Å²) in [5.41, 5.74) is 9.83. The molecular formula is C10H10N2Na2O10. The van der Waals surface area contributed by atoms with E-state index in [0.717, 1.165) is 0 Å². The first-order valence-corrected chi connectivity index (χ1v) is 5.47. The molecule has 0 aliphatic rings. The quantitative estimate of drug-likeness (QED) is 0.194. The molecule has 0 amide bonds. The predicted molar refractivity (Wildman–Crippen MR) is 57.4 cm³/mol. The minimum absolute atomic E-state index is 0. The molecule has 0 aromatic rings. The second-order valence-electron chi connectivity index (χ2n) is 3.78. The van der Waals surface area contributed by atoms with Crippen molar-refractivity contribution < 1.29 is 108 Å². The molecule has 4 N–H and O–H groups in total. The van der Waals surface area contributed by atoms with Crippen molar-refractivity contribution in [2.45, 2.75) is 24.9 Å². The van der Waals surface area contributed by atoms with Crippen molar-refractivity contribution in [2.24, 2.45) is 11.5 Å². The standard InChI is InChI=1S/C10H12N2O10.2Na/c11-3(7(15)16)1-5(13)21-9(19)10(20)22-6(14)2-4(12)8(17)18;;/h3-4H,1-2,11-12H2,(H,15,16)(H,17,18);;/q;2*+1/p-2/t3-,4-;;/m0../s1. The largest absolute Gasteiger partial charge is 1.00 e. The van der Waals surface area contributed by atoms with Crippen LogP contribution in [0.1, 0.15) is 12.8 Å². The smallest absolute Gasteiger partial charge is 0.548 e. The van der Waals surface area contributed by atoms with E-state index >= 15 is 0 Å². The van der Waals surface area contributed by atoms with Crippen LogP contribution in [0, 0.1) is 0 Å². The topological polar surface area (TPSA) is 219 Å². The Labute approximate surface area is 178 Å². The Hall–Kier alpha value is -0.860. The fourth-order valence-electron chi connectivity index (χ4n) is 0.899. The summed E-state index contributed by atoms with van der Waals surface area (Å²) in [6.07, 6.45) is -1.93. The van der Waals surface area contributed by atoms with Crippen molar-refractivity contribution in [1.82, 2.24) is 0 Å². The summed E-state index contributed by atoms with van der Waals surface area (Å²) < 4.78 is 7.70. The first-order chi connectivity index (χ1) is 10.0. The van der Waals surface area contributed by atoms with Crippen molar-refractivity contribution >= 4 is 35.8 Å². The van der Waals surface area contributed by atoms with E-state index in [9.17, 15) is 39.0 Å². The van der Waals surface area contributed by atoms with E-state index in [-0.39, 0.29) is 59.1 Å². The molecule has 0 saturated carbocycles. The molecule has 0 rings (SSSR count). The molecule has 24 heavy (non-hydrogen) atoms. The second-order valence-corrected chi connectivity index (χ2v) is 3.78. The summed E-state index contributed by atoms with van der Waals surface area (Å²) in [6.45, 7) is 0. The number of carbonyl (C=O) groups excluding carboxylic acids is 6. The molecule has 0 aliphatic heterocycles. The molecule has 0 heterocycles. The molecule has 0 aromatic carbocycles. The van der Waals surface area contributed by atoms with Crippen LogP contribution in [-0.4, -0.2) is 47.9 Å². The molecular weight excluding hydrogens is 354 g/mol. The average molecular weight is 364 g/mol. The van der Waals surface area contributed by atoms with E-state index in [1.165, 1.54) is 0 Å². The van der Waals surface area contributed by atoms with Gasteiger partial charge in [-0.15, -0.1) is 0 Å². The maximum Gasteiger partial charge on any atom is 1.00 e. The van der Waals surface area contributed by atoms with Crippen LogP contribution in [0.2, 0.25) is 0 Å². The van der Waals surface area contributed by atoms with E-state index in [1.54, 1.807) is 0 Å². The van der Waals surface area contributed by atoms with Gasteiger partial charge in [0.2, 0.25) is 0 Å². The first-order valence-electron chi connectivity index (χ1n) is 5.47. The summed E-state index contributed by atoms with van der Waals surface area (Å²) >= 11 is 0. The zero-order valence-corrected chi connectivity index (χ0v) is 16.8. The molecule has 0 aliphatic carbocycles. The normalized spacial score (nSPS) is 11.6. The summed E-state index contributed by atoms with van der Waals surface area (Å²) in [7, 11) is 0. The molecule has 0 radical (unpaired) electrons. The van der Waals surface area contributed by atoms with Crippen LogP contribution in [-0.2, 0) is 38.2 Å². The van der Waals surface area contributed by atoms with Crippen LogP contribution in [0.25, 0.3) is 0 Å². The number of carboxylic acids is 2. The minimum Gasteiger partial charge on any atom is -0.548 e. The third-order valence-corrected chi connectivity index (χ3v) is 1.96. The van der Waals surface area contributed by atoms with Crippen molar-refractivity contribution in [3.05, 3.63) is 0 Å². The molecule has 12 nitrogen and oxygen atoms in total.